The molecule has 1 atom stereocenters. The van der Waals surface area contributed by atoms with Gasteiger partial charge in [0, 0.05) is 26.2 Å². The Labute approximate surface area is 175 Å². The number of halogens is 1. The van der Waals surface area contributed by atoms with Gasteiger partial charge in [0.05, 0.1) is 0 Å². The van der Waals surface area contributed by atoms with Crippen LogP contribution in [-0.4, -0.2) is 54.5 Å². The molecule has 0 aliphatic carbocycles. The number of hydrogen-bond donors (Lipinski definition) is 3. The van der Waals surface area contributed by atoms with E-state index in [9.17, 15) is 9.59 Å². The largest absolute Gasteiger partial charge is 0.357 e. The lowest BCUT2D eigenvalue weighted by Gasteiger charge is -2.19. The zero-order valence-electron chi connectivity index (χ0n) is 16.9. The molecule has 3 N–H and O–H groups in total. The predicted octanol–water partition coefficient (Wildman–Crippen LogP) is 2.71. The summed E-state index contributed by atoms with van der Waals surface area (Å²) >= 11 is 0. The van der Waals surface area contributed by atoms with Gasteiger partial charge in [-0.1, -0.05) is 33.6 Å². The van der Waals surface area contributed by atoms with Gasteiger partial charge in [-0.3, -0.25) is 14.7 Å². The topological polar surface area (TPSA) is 85.8 Å². The van der Waals surface area contributed by atoms with Gasteiger partial charge in [0.1, 0.15) is 5.54 Å². The van der Waals surface area contributed by atoms with E-state index in [1.807, 2.05) is 13.8 Å². The first-order valence-corrected chi connectivity index (χ1v) is 9.58. The Morgan fingerprint density at radius 2 is 1.85 bits per heavy atom. The molecule has 3 amide bonds. The Balaban J connectivity index is 0.00000625. The number of amides is 3. The van der Waals surface area contributed by atoms with Crippen molar-refractivity contribution < 1.29 is 9.59 Å². The summed E-state index contributed by atoms with van der Waals surface area (Å²) in [6.45, 7) is 12.8. The van der Waals surface area contributed by atoms with E-state index in [1.165, 1.54) is 4.90 Å². The highest BCUT2D eigenvalue weighted by molar-refractivity contribution is 14.0. The lowest BCUT2D eigenvalue weighted by atomic mass is 9.99. The smallest absolute Gasteiger partial charge is 0.325 e. The van der Waals surface area contributed by atoms with E-state index in [4.69, 9.17) is 0 Å². The molecule has 0 bridgehead atoms. The van der Waals surface area contributed by atoms with E-state index in [0.717, 1.165) is 31.9 Å². The van der Waals surface area contributed by atoms with Crippen LogP contribution in [0, 0.1) is 5.92 Å². The molecule has 0 aromatic rings. The van der Waals surface area contributed by atoms with Crippen molar-refractivity contribution in [2.24, 2.45) is 10.9 Å². The number of nitrogens with zero attached hydrogens (tertiary/aromatic N) is 2. The van der Waals surface area contributed by atoms with Gasteiger partial charge in [-0.25, -0.2) is 4.79 Å². The van der Waals surface area contributed by atoms with Crippen LogP contribution >= 0.6 is 24.0 Å². The molecule has 0 aromatic carbocycles. The number of urea groups is 1. The molecule has 0 radical (unpaired) electrons. The van der Waals surface area contributed by atoms with Crippen molar-refractivity contribution in [1.29, 1.82) is 0 Å². The zero-order valence-corrected chi connectivity index (χ0v) is 19.2. The highest BCUT2D eigenvalue weighted by Crippen LogP contribution is 2.20. The Hall–Kier alpha value is -1.06. The first kappa shape index (κ1) is 24.9. The second-order valence-corrected chi connectivity index (χ2v) is 6.76. The molecule has 1 aliphatic heterocycles. The number of aliphatic imine (C=N–C) groups is 1. The van der Waals surface area contributed by atoms with Crippen LogP contribution in [0.1, 0.15) is 60.3 Å². The molecule has 1 aliphatic rings. The third-order valence-electron chi connectivity index (χ3n) is 4.91. The average molecular weight is 481 g/mol. The van der Waals surface area contributed by atoms with Gasteiger partial charge in [-0.15, -0.1) is 24.0 Å². The van der Waals surface area contributed by atoms with E-state index >= 15 is 0 Å². The standard InChI is InChI=1S/C18H35N5O2.HI/c1-6-14(7-2)13-21-16(19-9-4)20-11-10-12-23-15(24)18(5,8-3)22-17(23)25;/h14H,6-13H2,1-5H3,(H,22,25)(H2,19,20,21);1H. The maximum atomic E-state index is 12.3. The molecule has 1 heterocycles. The molecule has 7 nitrogen and oxygen atoms in total. The third-order valence-corrected chi connectivity index (χ3v) is 4.91. The summed E-state index contributed by atoms with van der Waals surface area (Å²) in [5, 5.41) is 9.29. The van der Waals surface area contributed by atoms with E-state index < -0.39 is 5.54 Å². The van der Waals surface area contributed by atoms with Gasteiger partial charge in [-0.05, 0) is 32.6 Å². The third kappa shape index (κ3) is 6.92. The van der Waals surface area contributed by atoms with Crippen LogP contribution in [-0.2, 0) is 4.79 Å². The summed E-state index contributed by atoms with van der Waals surface area (Å²) in [6, 6.07) is -0.288. The first-order valence-electron chi connectivity index (χ1n) is 9.58. The second-order valence-electron chi connectivity index (χ2n) is 6.76. The fourth-order valence-electron chi connectivity index (χ4n) is 2.74. The van der Waals surface area contributed by atoms with E-state index in [2.05, 4.69) is 34.8 Å². The Bertz CT molecular complexity index is 482. The van der Waals surface area contributed by atoms with Crippen LogP contribution < -0.4 is 16.0 Å². The molecule has 1 saturated heterocycles. The molecule has 0 aromatic heterocycles. The summed E-state index contributed by atoms with van der Waals surface area (Å²) in [6.07, 6.45) is 3.54. The van der Waals surface area contributed by atoms with Crippen LogP contribution in [0.25, 0.3) is 0 Å². The van der Waals surface area contributed by atoms with Crippen LogP contribution in [0.4, 0.5) is 4.79 Å². The second kappa shape index (κ2) is 12.3. The van der Waals surface area contributed by atoms with Crippen molar-refractivity contribution in [3.05, 3.63) is 0 Å². The van der Waals surface area contributed by atoms with Gasteiger partial charge in [0.15, 0.2) is 5.96 Å². The summed E-state index contributed by atoms with van der Waals surface area (Å²) in [5.74, 6) is 1.27. The van der Waals surface area contributed by atoms with Gasteiger partial charge in [-0.2, -0.15) is 0 Å². The molecule has 1 unspecified atom stereocenters. The average Bonchev–Trinajstić information content (AvgIpc) is 2.82. The number of rotatable bonds is 10. The lowest BCUT2D eigenvalue weighted by Crippen LogP contribution is -2.43. The minimum absolute atomic E-state index is 0. The van der Waals surface area contributed by atoms with Crippen molar-refractivity contribution >= 4 is 41.9 Å². The molecular formula is C18H36IN5O2. The van der Waals surface area contributed by atoms with E-state index in [-0.39, 0.29) is 35.9 Å². The summed E-state index contributed by atoms with van der Waals surface area (Å²) < 4.78 is 0. The van der Waals surface area contributed by atoms with Gasteiger partial charge in [0.25, 0.3) is 5.91 Å². The van der Waals surface area contributed by atoms with Crippen molar-refractivity contribution in [2.45, 2.75) is 65.8 Å². The van der Waals surface area contributed by atoms with Gasteiger partial charge in [0.2, 0.25) is 0 Å². The summed E-state index contributed by atoms with van der Waals surface area (Å²) in [7, 11) is 0. The molecule has 1 fully saturated rings. The Morgan fingerprint density at radius 3 is 2.35 bits per heavy atom. The zero-order chi connectivity index (χ0) is 18.9. The molecule has 0 saturated carbocycles. The highest BCUT2D eigenvalue weighted by atomic mass is 127. The van der Waals surface area contributed by atoms with Crippen LogP contribution in [0.15, 0.2) is 4.99 Å². The van der Waals surface area contributed by atoms with Gasteiger partial charge >= 0.3 is 6.03 Å². The fraction of sp³-hybridized carbons (Fsp3) is 0.833. The predicted molar refractivity (Wildman–Crippen MR) is 117 cm³/mol. The first-order chi connectivity index (χ1) is 11.9. The number of hydrogen-bond acceptors (Lipinski definition) is 3. The minimum Gasteiger partial charge on any atom is -0.357 e. The van der Waals surface area contributed by atoms with Crippen LogP contribution in [0.5, 0.6) is 0 Å². The van der Waals surface area contributed by atoms with Crippen LogP contribution in [0.3, 0.4) is 0 Å². The van der Waals surface area contributed by atoms with E-state index in [1.54, 1.807) is 6.92 Å². The Morgan fingerprint density at radius 1 is 1.19 bits per heavy atom. The molecule has 8 heteroatoms. The van der Waals surface area contributed by atoms with Crippen molar-refractivity contribution in [3.63, 3.8) is 0 Å². The monoisotopic (exact) mass is 481 g/mol. The van der Waals surface area contributed by atoms with Crippen LogP contribution in [0.2, 0.25) is 0 Å². The minimum atomic E-state index is -0.754. The summed E-state index contributed by atoms with van der Waals surface area (Å²) in [4.78, 5) is 30.2. The maximum Gasteiger partial charge on any atom is 0.325 e. The highest BCUT2D eigenvalue weighted by Gasteiger charge is 2.45. The Kier molecular flexibility index (Phi) is 11.8. The number of guanidine groups is 1. The van der Waals surface area contributed by atoms with Crippen molar-refractivity contribution in [1.82, 2.24) is 20.9 Å². The molecule has 152 valence electrons. The lowest BCUT2D eigenvalue weighted by molar-refractivity contribution is -0.130. The quantitative estimate of drug-likeness (QED) is 0.147. The number of carbonyl (C=O) groups is 2. The SMILES string of the molecule is CCNC(=NCC(CC)CC)NCCCN1C(=O)NC(C)(CC)C1=O.I. The maximum absolute atomic E-state index is 12.3. The van der Waals surface area contributed by atoms with Gasteiger partial charge < -0.3 is 16.0 Å². The fourth-order valence-corrected chi connectivity index (χ4v) is 2.74. The number of imide groups is 1. The molecule has 1 rings (SSSR count). The normalized spacial score (nSPS) is 20.2. The molecule has 0 spiro atoms. The number of carbonyl (C=O) groups excluding carboxylic acids is 2. The number of nitrogens with one attached hydrogen (secondary N) is 3. The molecular weight excluding hydrogens is 445 g/mol. The van der Waals surface area contributed by atoms with Crippen molar-refractivity contribution in [2.75, 3.05) is 26.2 Å². The summed E-state index contributed by atoms with van der Waals surface area (Å²) in [5.41, 5.74) is -0.754. The van der Waals surface area contributed by atoms with Crippen molar-refractivity contribution in [3.8, 4) is 0 Å². The van der Waals surface area contributed by atoms with E-state index in [0.29, 0.717) is 31.8 Å². The molecule has 26 heavy (non-hydrogen) atoms.